The van der Waals surface area contributed by atoms with Crippen molar-refractivity contribution in [2.24, 2.45) is 0 Å². The first-order valence-corrected chi connectivity index (χ1v) is 11.0. The first kappa shape index (κ1) is 21.5. The van der Waals surface area contributed by atoms with E-state index in [4.69, 9.17) is 10.5 Å². The van der Waals surface area contributed by atoms with Gasteiger partial charge in [-0.05, 0) is 49.1 Å². The van der Waals surface area contributed by atoms with Crippen LogP contribution in [0.5, 0.6) is 11.5 Å². The number of hydrogen-bond donors (Lipinski definition) is 3. The largest absolute Gasteiger partial charge is 0.508 e. The van der Waals surface area contributed by atoms with Crippen LogP contribution in [0, 0.1) is 17.1 Å². The van der Waals surface area contributed by atoms with Crippen LogP contribution >= 0.6 is 0 Å². The molecule has 0 amide bonds. The minimum atomic E-state index is -0.698. The van der Waals surface area contributed by atoms with Crippen LogP contribution in [0.4, 0.5) is 15.9 Å². The molecular formula is C25H23FN6O2. The number of halogens is 1. The highest BCUT2D eigenvalue weighted by molar-refractivity contribution is 6.05. The average Bonchev–Trinajstić information content (AvgIpc) is 3.23. The van der Waals surface area contributed by atoms with Gasteiger partial charge in [0.1, 0.15) is 29.2 Å². The maximum absolute atomic E-state index is 14.8. The molecule has 172 valence electrons. The van der Waals surface area contributed by atoms with E-state index >= 15 is 0 Å². The third-order valence-corrected chi connectivity index (χ3v) is 6.21. The molecule has 4 aromatic rings. The Morgan fingerprint density at radius 2 is 1.97 bits per heavy atom. The van der Waals surface area contributed by atoms with Gasteiger partial charge in [0.15, 0.2) is 5.65 Å². The van der Waals surface area contributed by atoms with Crippen LogP contribution < -0.4 is 15.4 Å². The van der Waals surface area contributed by atoms with Crippen molar-refractivity contribution >= 4 is 22.5 Å². The number of nitrogens with two attached hydrogens (primary N) is 1. The molecule has 1 aliphatic rings. The number of benzene rings is 2. The van der Waals surface area contributed by atoms with Crippen molar-refractivity contribution < 1.29 is 14.2 Å². The molecule has 0 unspecified atom stereocenters. The van der Waals surface area contributed by atoms with Crippen molar-refractivity contribution in [2.45, 2.75) is 19.3 Å². The number of phenolic OH excluding ortho intramolecular Hbond substituents is 1. The zero-order valence-electron chi connectivity index (χ0n) is 18.6. The maximum atomic E-state index is 14.8. The van der Waals surface area contributed by atoms with Crippen molar-refractivity contribution in [3.63, 3.8) is 0 Å². The van der Waals surface area contributed by atoms with E-state index in [0.717, 1.165) is 37.7 Å². The van der Waals surface area contributed by atoms with E-state index in [1.54, 1.807) is 7.11 Å². The summed E-state index contributed by atoms with van der Waals surface area (Å²) in [6.45, 7) is 1.91. The summed E-state index contributed by atoms with van der Waals surface area (Å²) >= 11 is 0. The summed E-state index contributed by atoms with van der Waals surface area (Å²) in [4.78, 5) is 6.74. The van der Waals surface area contributed by atoms with Gasteiger partial charge >= 0.3 is 0 Å². The van der Waals surface area contributed by atoms with Gasteiger partial charge in [-0.3, -0.25) is 5.10 Å². The number of aromatic nitrogens is 3. The normalized spacial score (nSPS) is 13.7. The van der Waals surface area contributed by atoms with Gasteiger partial charge in [0.2, 0.25) is 0 Å². The predicted octanol–water partition coefficient (Wildman–Crippen LogP) is 4.59. The number of methoxy groups -OCH3 is 1. The molecule has 1 fully saturated rings. The van der Waals surface area contributed by atoms with E-state index in [1.807, 2.05) is 18.2 Å². The highest BCUT2D eigenvalue weighted by atomic mass is 19.1. The van der Waals surface area contributed by atoms with Crippen molar-refractivity contribution in [1.29, 1.82) is 5.26 Å². The van der Waals surface area contributed by atoms with Gasteiger partial charge in [-0.25, -0.2) is 9.37 Å². The van der Waals surface area contributed by atoms with E-state index in [2.05, 4.69) is 26.2 Å². The fourth-order valence-corrected chi connectivity index (χ4v) is 4.60. The Bertz CT molecular complexity index is 1440. The number of fused-ring (bicyclic) bond motifs is 1. The second kappa shape index (κ2) is 8.56. The smallest absolute Gasteiger partial charge is 0.184 e. The molecule has 0 atom stereocenters. The molecule has 1 aliphatic heterocycles. The number of anilines is 2. The second-order valence-electron chi connectivity index (χ2n) is 8.26. The lowest BCUT2D eigenvalue weighted by Gasteiger charge is -2.30. The lowest BCUT2D eigenvalue weighted by Crippen LogP contribution is -2.29. The van der Waals surface area contributed by atoms with Gasteiger partial charge in [0, 0.05) is 30.3 Å². The molecule has 8 nitrogen and oxygen atoms in total. The van der Waals surface area contributed by atoms with Crippen molar-refractivity contribution in [2.75, 3.05) is 30.8 Å². The SMILES string of the molecule is COc1cc(-c2c(C#N)c(-c3ccc(O)cc3F)nc3n[nH]c(N)c23)ccc1N1CCCCC1. The lowest BCUT2D eigenvalue weighted by atomic mass is 9.93. The maximum Gasteiger partial charge on any atom is 0.184 e. The average molecular weight is 458 g/mol. The van der Waals surface area contributed by atoms with E-state index in [1.165, 1.54) is 18.6 Å². The molecule has 0 saturated carbocycles. The highest BCUT2D eigenvalue weighted by Crippen LogP contribution is 2.42. The number of aromatic hydroxyl groups is 1. The molecule has 5 rings (SSSR count). The standard InChI is InChI=1S/C25H23FN6O2/c1-34-20-11-14(5-8-19(20)32-9-3-2-4-10-32)21-17(13-27)23(16-7-6-15(33)12-18(16)26)29-25-22(21)24(28)30-31-25/h5-8,11-12,33H,2-4,9-10H2,1H3,(H3,28,29,30,31). The summed E-state index contributed by atoms with van der Waals surface area (Å²) < 4.78 is 20.5. The molecule has 0 radical (unpaired) electrons. The Balaban J connectivity index is 1.76. The number of aromatic amines is 1. The van der Waals surface area contributed by atoms with Gasteiger partial charge in [-0.2, -0.15) is 10.4 Å². The minimum Gasteiger partial charge on any atom is -0.508 e. The lowest BCUT2D eigenvalue weighted by molar-refractivity contribution is 0.413. The Labute approximate surface area is 195 Å². The molecule has 2 aromatic heterocycles. The summed E-state index contributed by atoms with van der Waals surface area (Å²) in [5, 5.41) is 27.2. The number of H-pyrrole nitrogens is 1. The topological polar surface area (TPSA) is 124 Å². The van der Waals surface area contributed by atoms with Crippen molar-refractivity contribution in [3.8, 4) is 40.0 Å². The Morgan fingerprint density at radius 3 is 2.68 bits per heavy atom. The zero-order chi connectivity index (χ0) is 23.8. The number of rotatable bonds is 4. The van der Waals surface area contributed by atoms with Gasteiger partial charge < -0.3 is 20.5 Å². The first-order chi connectivity index (χ1) is 16.5. The van der Waals surface area contributed by atoms with Crippen LogP contribution in [0.25, 0.3) is 33.4 Å². The third-order valence-electron chi connectivity index (χ3n) is 6.21. The third kappa shape index (κ3) is 3.53. The molecule has 0 bridgehead atoms. The quantitative estimate of drug-likeness (QED) is 0.409. The van der Waals surface area contributed by atoms with Crippen molar-refractivity contribution in [1.82, 2.24) is 15.2 Å². The van der Waals surface area contributed by atoms with Gasteiger partial charge in [0.25, 0.3) is 0 Å². The van der Waals surface area contributed by atoms with Gasteiger partial charge in [0.05, 0.1) is 29.4 Å². The number of nitriles is 1. The second-order valence-corrected chi connectivity index (χ2v) is 8.26. The van der Waals surface area contributed by atoms with Crippen LogP contribution in [0.2, 0.25) is 0 Å². The van der Waals surface area contributed by atoms with E-state index in [0.29, 0.717) is 22.3 Å². The van der Waals surface area contributed by atoms with Crippen LogP contribution in [0.3, 0.4) is 0 Å². The van der Waals surface area contributed by atoms with Crippen LogP contribution in [-0.2, 0) is 0 Å². The number of piperidine rings is 1. The number of nitrogens with zero attached hydrogens (tertiary/aromatic N) is 4. The molecule has 0 aliphatic carbocycles. The molecule has 34 heavy (non-hydrogen) atoms. The number of phenols is 1. The summed E-state index contributed by atoms with van der Waals surface area (Å²) in [6, 6.07) is 11.7. The van der Waals surface area contributed by atoms with Crippen LogP contribution in [-0.4, -0.2) is 40.5 Å². The fourth-order valence-electron chi connectivity index (χ4n) is 4.60. The highest BCUT2D eigenvalue weighted by Gasteiger charge is 2.24. The number of ether oxygens (including phenoxy) is 1. The molecule has 3 heterocycles. The summed E-state index contributed by atoms with van der Waals surface area (Å²) in [7, 11) is 1.61. The molecule has 2 aromatic carbocycles. The first-order valence-electron chi connectivity index (χ1n) is 11.0. The molecule has 4 N–H and O–H groups in total. The van der Waals surface area contributed by atoms with Gasteiger partial charge in [-0.15, -0.1) is 0 Å². The Kier molecular flexibility index (Phi) is 5.42. The van der Waals surface area contributed by atoms with Crippen LogP contribution in [0.1, 0.15) is 24.8 Å². The predicted molar refractivity (Wildman–Crippen MR) is 128 cm³/mol. The van der Waals surface area contributed by atoms with Gasteiger partial charge in [-0.1, -0.05) is 6.07 Å². The number of nitrogen functional groups attached to an aromatic ring is 1. The summed E-state index contributed by atoms with van der Waals surface area (Å²) in [6.07, 6.45) is 3.47. The Morgan fingerprint density at radius 1 is 1.18 bits per heavy atom. The van der Waals surface area contributed by atoms with Crippen molar-refractivity contribution in [3.05, 3.63) is 47.8 Å². The van der Waals surface area contributed by atoms with Crippen LogP contribution in [0.15, 0.2) is 36.4 Å². The Hall–Kier alpha value is -4.32. The molecule has 1 saturated heterocycles. The molecule has 9 heteroatoms. The number of hydrogen-bond acceptors (Lipinski definition) is 7. The summed E-state index contributed by atoms with van der Waals surface area (Å²) in [5.41, 5.74) is 8.94. The monoisotopic (exact) mass is 458 g/mol. The minimum absolute atomic E-state index is 0.0796. The van der Waals surface area contributed by atoms with E-state index in [-0.39, 0.29) is 34.0 Å². The number of pyridine rings is 1. The molecular weight excluding hydrogens is 435 g/mol. The number of nitrogens with one attached hydrogen (secondary N) is 1. The zero-order valence-corrected chi connectivity index (χ0v) is 18.6. The summed E-state index contributed by atoms with van der Waals surface area (Å²) in [5.74, 6) is 0.0115. The van der Waals surface area contributed by atoms with E-state index < -0.39 is 5.82 Å². The molecule has 0 spiro atoms. The fraction of sp³-hybridized carbons (Fsp3) is 0.240. The van der Waals surface area contributed by atoms with E-state index in [9.17, 15) is 14.8 Å².